The van der Waals surface area contributed by atoms with Crippen molar-refractivity contribution in [1.29, 1.82) is 0 Å². The van der Waals surface area contributed by atoms with Gasteiger partial charge in [-0.05, 0) is 55.3 Å². The first-order valence-electron chi connectivity index (χ1n) is 11.2. The fraction of sp³-hybridized carbons (Fsp3) is 0.400. The second-order valence-corrected chi connectivity index (χ2v) is 8.31. The molecule has 2 aromatic carbocycles. The number of ether oxygens (including phenoxy) is 2. The maximum absolute atomic E-state index is 12.5. The van der Waals surface area contributed by atoms with Gasteiger partial charge in [0.25, 0.3) is 0 Å². The highest BCUT2D eigenvalue weighted by Gasteiger charge is 2.16. The molecule has 1 amide bonds. The summed E-state index contributed by atoms with van der Waals surface area (Å²) in [4.78, 5) is 24.4. The molecule has 0 aliphatic carbocycles. The van der Waals surface area contributed by atoms with Gasteiger partial charge >= 0.3 is 5.97 Å². The van der Waals surface area contributed by atoms with Crippen LogP contribution in [-0.4, -0.2) is 24.7 Å². The van der Waals surface area contributed by atoms with Crippen LogP contribution in [0.15, 0.2) is 41.5 Å². The van der Waals surface area contributed by atoms with E-state index in [1.165, 1.54) is 37.6 Å². The SMILES string of the molecule is CCCCCCCCC(=O)N/N=C\c1ccc(OC(=O)c2ccc(Cl)cc2Cl)c(OCC)c1. The summed E-state index contributed by atoms with van der Waals surface area (Å²) in [7, 11) is 0. The van der Waals surface area contributed by atoms with E-state index in [-0.39, 0.29) is 22.2 Å². The normalized spacial score (nSPS) is 10.9. The lowest BCUT2D eigenvalue weighted by atomic mass is 10.1. The molecule has 0 aromatic heterocycles. The van der Waals surface area contributed by atoms with Crippen molar-refractivity contribution in [1.82, 2.24) is 5.43 Å². The second kappa shape index (κ2) is 14.6. The van der Waals surface area contributed by atoms with Crippen molar-refractivity contribution in [2.45, 2.75) is 58.8 Å². The zero-order valence-electron chi connectivity index (χ0n) is 19.0. The zero-order chi connectivity index (χ0) is 24.1. The van der Waals surface area contributed by atoms with Crippen LogP contribution in [0, 0.1) is 0 Å². The summed E-state index contributed by atoms with van der Waals surface area (Å²) in [5.74, 6) is -0.117. The summed E-state index contributed by atoms with van der Waals surface area (Å²) < 4.78 is 11.1. The summed E-state index contributed by atoms with van der Waals surface area (Å²) >= 11 is 12.0. The Kier molecular flexibility index (Phi) is 11.8. The van der Waals surface area contributed by atoms with Gasteiger partial charge in [-0.3, -0.25) is 4.79 Å². The summed E-state index contributed by atoms with van der Waals surface area (Å²) in [5.41, 5.74) is 3.42. The molecule has 0 unspecified atom stereocenters. The molecule has 1 N–H and O–H groups in total. The zero-order valence-corrected chi connectivity index (χ0v) is 20.5. The highest BCUT2D eigenvalue weighted by Crippen LogP contribution is 2.30. The molecule has 178 valence electrons. The van der Waals surface area contributed by atoms with Crippen LogP contribution in [0.5, 0.6) is 11.5 Å². The molecule has 0 spiro atoms. The molecule has 6 nitrogen and oxygen atoms in total. The van der Waals surface area contributed by atoms with Gasteiger partial charge in [-0.15, -0.1) is 0 Å². The van der Waals surface area contributed by atoms with Gasteiger partial charge in [0, 0.05) is 11.4 Å². The van der Waals surface area contributed by atoms with Gasteiger partial charge in [-0.25, -0.2) is 10.2 Å². The molecule has 0 fully saturated rings. The predicted octanol–water partition coefficient (Wildman–Crippen LogP) is 6.81. The maximum atomic E-state index is 12.5. The Bertz CT molecular complexity index is 963. The summed E-state index contributed by atoms with van der Waals surface area (Å²) in [6.45, 7) is 4.38. The van der Waals surface area contributed by atoms with E-state index in [1.54, 1.807) is 24.3 Å². The van der Waals surface area contributed by atoms with E-state index in [9.17, 15) is 9.59 Å². The molecule has 0 radical (unpaired) electrons. The average molecular weight is 493 g/mol. The molecule has 0 heterocycles. The minimum Gasteiger partial charge on any atom is -0.490 e. The predicted molar refractivity (Wildman–Crippen MR) is 133 cm³/mol. The standard InChI is InChI=1S/C25H30Cl2N2O4/c1-3-5-6-7-8-9-10-24(30)29-28-17-18-11-14-22(23(15-18)32-4-2)33-25(31)20-13-12-19(26)16-21(20)27/h11-17H,3-10H2,1-2H3,(H,29,30)/b28-17-. The Morgan fingerprint density at radius 1 is 0.970 bits per heavy atom. The third-order valence-corrected chi connectivity index (χ3v) is 5.33. The van der Waals surface area contributed by atoms with Gasteiger partial charge in [0.15, 0.2) is 11.5 Å². The van der Waals surface area contributed by atoms with E-state index in [0.717, 1.165) is 19.3 Å². The number of unbranched alkanes of at least 4 members (excludes halogenated alkanes) is 5. The number of rotatable bonds is 13. The molecule has 0 bridgehead atoms. The number of amides is 1. The molecule has 0 aliphatic rings. The highest BCUT2D eigenvalue weighted by atomic mass is 35.5. The molecular weight excluding hydrogens is 463 g/mol. The monoisotopic (exact) mass is 492 g/mol. The minimum absolute atomic E-state index is 0.114. The number of nitrogens with one attached hydrogen (secondary N) is 1. The second-order valence-electron chi connectivity index (χ2n) is 7.46. The molecule has 0 saturated heterocycles. The largest absolute Gasteiger partial charge is 0.490 e. The lowest BCUT2D eigenvalue weighted by molar-refractivity contribution is -0.121. The average Bonchev–Trinajstić information content (AvgIpc) is 2.78. The van der Waals surface area contributed by atoms with Crippen molar-refractivity contribution < 1.29 is 19.1 Å². The molecular formula is C25H30Cl2N2O4. The van der Waals surface area contributed by atoms with Crippen LogP contribution < -0.4 is 14.9 Å². The van der Waals surface area contributed by atoms with Gasteiger partial charge in [-0.2, -0.15) is 5.10 Å². The van der Waals surface area contributed by atoms with Crippen molar-refractivity contribution in [2.75, 3.05) is 6.61 Å². The number of benzene rings is 2. The third kappa shape index (κ3) is 9.44. The fourth-order valence-electron chi connectivity index (χ4n) is 3.07. The first-order valence-corrected chi connectivity index (χ1v) is 12.0. The van der Waals surface area contributed by atoms with Crippen molar-refractivity contribution in [2.24, 2.45) is 5.10 Å². The van der Waals surface area contributed by atoms with Crippen LogP contribution in [0.25, 0.3) is 0 Å². The van der Waals surface area contributed by atoms with E-state index in [2.05, 4.69) is 17.5 Å². The first kappa shape index (κ1) is 26.7. The van der Waals surface area contributed by atoms with Crippen molar-refractivity contribution in [3.05, 3.63) is 57.6 Å². The Hall–Kier alpha value is -2.57. The van der Waals surface area contributed by atoms with Crippen molar-refractivity contribution in [3.8, 4) is 11.5 Å². The Morgan fingerprint density at radius 2 is 1.73 bits per heavy atom. The van der Waals surface area contributed by atoms with Gasteiger partial charge in [0.2, 0.25) is 5.91 Å². The molecule has 2 rings (SSSR count). The number of hydrazone groups is 1. The van der Waals surface area contributed by atoms with E-state index >= 15 is 0 Å². The van der Waals surface area contributed by atoms with Gasteiger partial charge in [0.1, 0.15) is 0 Å². The van der Waals surface area contributed by atoms with Crippen molar-refractivity contribution in [3.63, 3.8) is 0 Å². The lowest BCUT2D eigenvalue weighted by Gasteiger charge is -2.12. The number of hydrogen-bond donors (Lipinski definition) is 1. The topological polar surface area (TPSA) is 77.0 Å². The number of halogens is 2. The van der Waals surface area contributed by atoms with E-state index < -0.39 is 5.97 Å². The quantitative estimate of drug-likeness (QED) is 0.109. The maximum Gasteiger partial charge on any atom is 0.345 e. The first-order chi connectivity index (χ1) is 15.9. The molecule has 0 saturated carbocycles. The number of nitrogens with zero attached hydrogens (tertiary/aromatic N) is 1. The molecule has 0 aliphatic heterocycles. The van der Waals surface area contributed by atoms with Crippen LogP contribution in [0.4, 0.5) is 0 Å². The smallest absolute Gasteiger partial charge is 0.345 e. The number of carbonyl (C=O) groups is 2. The van der Waals surface area contributed by atoms with Crippen LogP contribution in [0.3, 0.4) is 0 Å². The van der Waals surface area contributed by atoms with E-state index in [1.807, 2.05) is 6.92 Å². The number of carbonyl (C=O) groups excluding carboxylic acids is 2. The number of hydrogen-bond acceptors (Lipinski definition) is 5. The lowest BCUT2D eigenvalue weighted by Crippen LogP contribution is -2.16. The van der Waals surface area contributed by atoms with Gasteiger partial charge in [0.05, 0.1) is 23.4 Å². The Morgan fingerprint density at radius 3 is 2.45 bits per heavy atom. The van der Waals surface area contributed by atoms with E-state index in [4.69, 9.17) is 32.7 Å². The molecule has 2 aromatic rings. The van der Waals surface area contributed by atoms with E-state index in [0.29, 0.717) is 29.4 Å². The summed E-state index contributed by atoms with van der Waals surface area (Å²) in [6.07, 6.45) is 8.71. The molecule has 33 heavy (non-hydrogen) atoms. The summed E-state index contributed by atoms with van der Waals surface area (Å²) in [5, 5.41) is 4.64. The van der Waals surface area contributed by atoms with Gasteiger partial charge in [-0.1, -0.05) is 62.2 Å². The van der Waals surface area contributed by atoms with Crippen molar-refractivity contribution >= 4 is 41.3 Å². The fourth-order valence-corrected chi connectivity index (χ4v) is 3.55. The van der Waals surface area contributed by atoms with Crippen LogP contribution in [-0.2, 0) is 4.79 Å². The minimum atomic E-state index is -0.624. The highest BCUT2D eigenvalue weighted by molar-refractivity contribution is 6.36. The van der Waals surface area contributed by atoms with Crippen LogP contribution in [0.1, 0.15) is 74.7 Å². The van der Waals surface area contributed by atoms with Crippen LogP contribution in [0.2, 0.25) is 10.0 Å². The Balaban J connectivity index is 1.94. The summed E-state index contributed by atoms with van der Waals surface area (Å²) in [6, 6.07) is 9.53. The Labute approximate surface area is 205 Å². The number of esters is 1. The van der Waals surface area contributed by atoms with Gasteiger partial charge < -0.3 is 9.47 Å². The third-order valence-electron chi connectivity index (χ3n) is 4.78. The molecule has 8 heteroatoms. The van der Waals surface area contributed by atoms with Crippen LogP contribution >= 0.6 is 23.2 Å². The molecule has 0 atom stereocenters.